The highest BCUT2D eigenvalue weighted by atomic mass is 16.5. The zero-order valence-corrected chi connectivity index (χ0v) is 11.7. The second-order valence-corrected chi connectivity index (χ2v) is 5.31. The molecule has 0 N–H and O–H groups in total. The molecule has 1 saturated carbocycles. The molecule has 1 aliphatic heterocycles. The quantitative estimate of drug-likeness (QED) is 0.620. The lowest BCUT2D eigenvalue weighted by Gasteiger charge is -2.16. The number of hydrogen-bond acceptors (Lipinski definition) is 4. The first-order chi connectivity index (χ1) is 10.1. The van der Waals surface area contributed by atoms with Gasteiger partial charge in [0.1, 0.15) is 6.54 Å². The molecule has 1 aromatic rings. The molecular weight excluding hydrogens is 272 g/mol. The van der Waals surface area contributed by atoms with E-state index in [4.69, 9.17) is 0 Å². The Balaban J connectivity index is 1.70. The van der Waals surface area contributed by atoms with E-state index in [1.165, 1.54) is 12.0 Å². The van der Waals surface area contributed by atoms with Crippen LogP contribution in [0.2, 0.25) is 0 Å². The van der Waals surface area contributed by atoms with Crippen LogP contribution >= 0.6 is 0 Å². The Bertz CT molecular complexity index is 592. The minimum Gasteiger partial charge on any atom is -0.465 e. The zero-order chi connectivity index (χ0) is 15.0. The van der Waals surface area contributed by atoms with Gasteiger partial charge in [0.2, 0.25) is 0 Å². The molecule has 0 unspecified atom stereocenters. The van der Waals surface area contributed by atoms with Gasteiger partial charge < -0.3 is 9.64 Å². The number of amides is 3. The van der Waals surface area contributed by atoms with Crippen LogP contribution < -0.4 is 0 Å². The number of carbonyl (C=O) groups is 3. The fraction of sp³-hybridized carbons (Fsp3) is 0.400. The second-order valence-electron chi connectivity index (χ2n) is 5.31. The number of nitrogens with zero attached hydrogens (tertiary/aromatic N) is 2. The van der Waals surface area contributed by atoms with Crippen molar-refractivity contribution in [2.24, 2.45) is 0 Å². The fourth-order valence-corrected chi connectivity index (χ4v) is 2.43. The molecule has 0 spiro atoms. The van der Waals surface area contributed by atoms with Crippen LogP contribution in [0.5, 0.6) is 0 Å². The van der Waals surface area contributed by atoms with Crippen molar-refractivity contribution in [1.29, 1.82) is 0 Å². The SMILES string of the molecule is COC(=O)c1ccc(CN2C(=O)CN(C3CC3)C2=O)cc1. The molecule has 0 radical (unpaired) electrons. The molecular formula is C15H16N2O4. The monoisotopic (exact) mass is 288 g/mol. The number of rotatable bonds is 4. The molecule has 0 atom stereocenters. The van der Waals surface area contributed by atoms with Gasteiger partial charge in [-0.05, 0) is 30.5 Å². The first kappa shape index (κ1) is 13.6. The van der Waals surface area contributed by atoms with E-state index in [0.717, 1.165) is 18.4 Å². The van der Waals surface area contributed by atoms with E-state index in [9.17, 15) is 14.4 Å². The maximum atomic E-state index is 12.2. The smallest absolute Gasteiger partial charge is 0.337 e. The van der Waals surface area contributed by atoms with Gasteiger partial charge in [-0.1, -0.05) is 12.1 Å². The van der Waals surface area contributed by atoms with Crippen LogP contribution in [0, 0.1) is 0 Å². The molecule has 6 heteroatoms. The van der Waals surface area contributed by atoms with Crippen LogP contribution in [0.25, 0.3) is 0 Å². The van der Waals surface area contributed by atoms with Crippen LogP contribution in [0.15, 0.2) is 24.3 Å². The summed E-state index contributed by atoms with van der Waals surface area (Å²) in [7, 11) is 1.32. The van der Waals surface area contributed by atoms with E-state index in [0.29, 0.717) is 5.56 Å². The second kappa shape index (κ2) is 5.20. The van der Waals surface area contributed by atoms with Crippen LogP contribution in [0.1, 0.15) is 28.8 Å². The van der Waals surface area contributed by atoms with E-state index in [2.05, 4.69) is 4.74 Å². The Labute approximate surface area is 122 Å². The Morgan fingerprint density at radius 3 is 2.48 bits per heavy atom. The first-order valence-electron chi connectivity index (χ1n) is 6.88. The third-order valence-electron chi connectivity index (χ3n) is 3.79. The van der Waals surface area contributed by atoms with Gasteiger partial charge in [-0.25, -0.2) is 9.59 Å². The summed E-state index contributed by atoms with van der Waals surface area (Å²) in [6.45, 7) is 0.423. The number of imide groups is 1. The number of methoxy groups -OCH3 is 1. The molecule has 1 aromatic carbocycles. The normalized spacial score (nSPS) is 18.3. The number of ether oxygens (including phenoxy) is 1. The third-order valence-corrected chi connectivity index (χ3v) is 3.79. The molecule has 110 valence electrons. The Morgan fingerprint density at radius 1 is 1.24 bits per heavy atom. The van der Waals surface area contributed by atoms with Crippen molar-refractivity contribution in [3.63, 3.8) is 0 Å². The van der Waals surface area contributed by atoms with Gasteiger partial charge >= 0.3 is 12.0 Å². The highest BCUT2D eigenvalue weighted by Gasteiger charge is 2.43. The van der Waals surface area contributed by atoms with Crippen molar-refractivity contribution in [2.45, 2.75) is 25.4 Å². The molecule has 1 heterocycles. The molecule has 1 saturated heterocycles. The number of esters is 1. The fourth-order valence-electron chi connectivity index (χ4n) is 2.43. The summed E-state index contributed by atoms with van der Waals surface area (Å²) in [4.78, 5) is 38.4. The van der Waals surface area contributed by atoms with Crippen molar-refractivity contribution < 1.29 is 19.1 Å². The molecule has 3 amide bonds. The van der Waals surface area contributed by atoms with Gasteiger partial charge in [-0.2, -0.15) is 0 Å². The van der Waals surface area contributed by atoms with E-state index in [-0.39, 0.29) is 31.1 Å². The minimum absolute atomic E-state index is 0.163. The van der Waals surface area contributed by atoms with E-state index in [1.54, 1.807) is 29.2 Å². The van der Waals surface area contributed by atoms with Crippen molar-refractivity contribution >= 4 is 17.9 Å². The van der Waals surface area contributed by atoms with Crippen LogP contribution in [0.3, 0.4) is 0 Å². The maximum absolute atomic E-state index is 12.2. The molecule has 0 aromatic heterocycles. The van der Waals surface area contributed by atoms with Gasteiger partial charge in [0.05, 0.1) is 19.2 Å². The van der Waals surface area contributed by atoms with Gasteiger partial charge in [-0.15, -0.1) is 0 Å². The van der Waals surface area contributed by atoms with Crippen LogP contribution in [-0.4, -0.2) is 47.4 Å². The number of urea groups is 1. The Kier molecular flexibility index (Phi) is 3.37. The van der Waals surface area contributed by atoms with E-state index in [1.807, 2.05) is 0 Å². The maximum Gasteiger partial charge on any atom is 0.337 e. The standard InChI is InChI=1S/C15H16N2O4/c1-21-14(19)11-4-2-10(3-5-11)8-17-13(18)9-16(15(17)20)12-6-7-12/h2-5,12H,6-9H2,1H3. The highest BCUT2D eigenvalue weighted by Crippen LogP contribution is 2.30. The topological polar surface area (TPSA) is 66.9 Å². The molecule has 21 heavy (non-hydrogen) atoms. The van der Waals surface area contributed by atoms with Crippen molar-refractivity contribution in [1.82, 2.24) is 9.80 Å². The summed E-state index contributed by atoms with van der Waals surface area (Å²) in [6.07, 6.45) is 1.97. The van der Waals surface area contributed by atoms with Crippen LogP contribution in [-0.2, 0) is 16.1 Å². The van der Waals surface area contributed by atoms with Crippen molar-refractivity contribution in [3.8, 4) is 0 Å². The summed E-state index contributed by atoms with van der Waals surface area (Å²) < 4.78 is 4.63. The van der Waals surface area contributed by atoms with E-state index < -0.39 is 5.97 Å². The third kappa shape index (κ3) is 2.61. The largest absolute Gasteiger partial charge is 0.465 e. The lowest BCUT2D eigenvalue weighted by atomic mass is 10.1. The molecule has 1 aliphatic carbocycles. The lowest BCUT2D eigenvalue weighted by molar-refractivity contribution is -0.125. The summed E-state index contributed by atoms with van der Waals surface area (Å²) in [6, 6.07) is 6.75. The number of hydrogen-bond donors (Lipinski definition) is 0. The zero-order valence-electron chi connectivity index (χ0n) is 11.7. The summed E-state index contributed by atoms with van der Waals surface area (Å²) in [5.74, 6) is -0.571. The molecule has 0 bridgehead atoms. The Morgan fingerprint density at radius 2 is 1.90 bits per heavy atom. The predicted molar refractivity (Wildman–Crippen MR) is 73.5 cm³/mol. The molecule has 2 aliphatic rings. The average molecular weight is 288 g/mol. The minimum atomic E-state index is -0.408. The predicted octanol–water partition coefficient (Wildman–Crippen LogP) is 1.40. The number of carbonyl (C=O) groups excluding carboxylic acids is 3. The van der Waals surface area contributed by atoms with Gasteiger partial charge in [0.15, 0.2) is 0 Å². The first-order valence-corrected chi connectivity index (χ1v) is 6.88. The van der Waals surface area contributed by atoms with E-state index >= 15 is 0 Å². The summed E-state index contributed by atoms with van der Waals surface area (Å²) >= 11 is 0. The van der Waals surface area contributed by atoms with Gasteiger partial charge in [0.25, 0.3) is 5.91 Å². The van der Waals surface area contributed by atoms with Crippen molar-refractivity contribution in [2.75, 3.05) is 13.7 Å². The van der Waals surface area contributed by atoms with Gasteiger partial charge in [0, 0.05) is 6.04 Å². The Hall–Kier alpha value is -2.37. The van der Waals surface area contributed by atoms with Crippen LogP contribution in [0.4, 0.5) is 4.79 Å². The summed E-state index contributed by atoms with van der Waals surface area (Å²) in [5.41, 5.74) is 1.25. The highest BCUT2D eigenvalue weighted by molar-refractivity contribution is 6.02. The molecule has 6 nitrogen and oxygen atoms in total. The molecule has 3 rings (SSSR count). The summed E-state index contributed by atoms with van der Waals surface area (Å²) in [5, 5.41) is 0. The average Bonchev–Trinajstić information content (AvgIpc) is 3.30. The molecule has 2 fully saturated rings. The number of benzene rings is 1. The van der Waals surface area contributed by atoms with Crippen molar-refractivity contribution in [3.05, 3.63) is 35.4 Å². The lowest BCUT2D eigenvalue weighted by Crippen LogP contribution is -2.33. The van der Waals surface area contributed by atoms with Gasteiger partial charge in [-0.3, -0.25) is 9.69 Å².